The Balaban J connectivity index is 0.000000149. The molecule has 3 atom stereocenters. The zero-order chi connectivity index (χ0) is 21.6. The van der Waals surface area contributed by atoms with Gasteiger partial charge in [-0.15, -0.1) is 0 Å². The summed E-state index contributed by atoms with van der Waals surface area (Å²) < 4.78 is 11.0. The molecule has 31 heavy (non-hydrogen) atoms. The predicted octanol–water partition coefficient (Wildman–Crippen LogP) is 3.69. The van der Waals surface area contributed by atoms with Gasteiger partial charge in [0.05, 0.1) is 13.2 Å². The van der Waals surface area contributed by atoms with Crippen molar-refractivity contribution in [1.82, 2.24) is 9.80 Å². The summed E-state index contributed by atoms with van der Waals surface area (Å²) in [7, 11) is 1.91. The van der Waals surface area contributed by atoms with Crippen LogP contribution in [0.5, 0.6) is 5.75 Å². The average Bonchev–Trinajstić information content (AvgIpc) is 3.50. The molecule has 2 heterocycles. The van der Waals surface area contributed by atoms with E-state index in [4.69, 9.17) is 9.47 Å². The number of rotatable bonds is 6. The van der Waals surface area contributed by atoms with Gasteiger partial charge in [-0.3, -0.25) is 9.69 Å². The number of allylic oxidation sites excluding steroid dienone is 4. The molecule has 0 radical (unpaired) electrons. The molecular formula is C26H36N2O3. The topological polar surface area (TPSA) is 42.0 Å². The van der Waals surface area contributed by atoms with Crippen molar-refractivity contribution in [3.63, 3.8) is 0 Å². The van der Waals surface area contributed by atoms with Gasteiger partial charge in [-0.05, 0) is 50.2 Å². The van der Waals surface area contributed by atoms with Gasteiger partial charge in [0.1, 0.15) is 12.4 Å². The van der Waals surface area contributed by atoms with E-state index >= 15 is 0 Å². The van der Waals surface area contributed by atoms with Crippen LogP contribution in [-0.4, -0.2) is 68.8 Å². The Morgan fingerprint density at radius 1 is 1.10 bits per heavy atom. The van der Waals surface area contributed by atoms with Crippen LogP contribution in [0.25, 0.3) is 0 Å². The minimum absolute atomic E-state index is 0.251. The van der Waals surface area contributed by atoms with Gasteiger partial charge in [-0.2, -0.15) is 0 Å². The molecular weight excluding hydrogens is 388 g/mol. The lowest BCUT2D eigenvalue weighted by Gasteiger charge is -2.26. The highest BCUT2D eigenvalue weighted by molar-refractivity contribution is 5.80. The van der Waals surface area contributed by atoms with Crippen LogP contribution in [0.1, 0.15) is 24.8 Å². The predicted molar refractivity (Wildman–Crippen MR) is 123 cm³/mol. The summed E-state index contributed by atoms with van der Waals surface area (Å²) in [5, 5.41) is 0. The van der Waals surface area contributed by atoms with Gasteiger partial charge in [0.15, 0.2) is 0 Å². The molecule has 0 bridgehead atoms. The molecule has 5 rings (SSSR count). The van der Waals surface area contributed by atoms with E-state index in [2.05, 4.69) is 42.2 Å². The lowest BCUT2D eigenvalue weighted by molar-refractivity contribution is -0.129. The van der Waals surface area contributed by atoms with Crippen molar-refractivity contribution in [1.29, 1.82) is 0 Å². The van der Waals surface area contributed by atoms with E-state index in [1.807, 2.05) is 24.1 Å². The Morgan fingerprint density at radius 2 is 1.87 bits per heavy atom. The number of morpholine rings is 1. The quantitative estimate of drug-likeness (QED) is 0.698. The van der Waals surface area contributed by atoms with E-state index in [9.17, 15) is 4.79 Å². The van der Waals surface area contributed by atoms with Gasteiger partial charge >= 0.3 is 0 Å². The minimum atomic E-state index is 0.251. The standard InChI is InChI=1S/C13H19NO2.C13H17NO/c1-12-2-4-13(5-3-12)16-11-8-14-6-9-15-10-7-14;1-14-5-4-11(13(14)15)6-9-2-3-10-8-12(10)7-9/h2-5H,6-11H2,1H3;2-3,7,10-12H,4-6,8H2,1H3. The molecule has 2 saturated heterocycles. The molecule has 1 saturated carbocycles. The number of benzene rings is 1. The normalized spacial score (nSPS) is 27.3. The molecule has 168 valence electrons. The van der Waals surface area contributed by atoms with Crippen molar-refractivity contribution in [2.75, 3.05) is 53.0 Å². The molecule has 1 aromatic carbocycles. The van der Waals surface area contributed by atoms with Crippen molar-refractivity contribution in [2.24, 2.45) is 17.8 Å². The van der Waals surface area contributed by atoms with Crippen molar-refractivity contribution in [3.05, 3.63) is 53.6 Å². The molecule has 3 unspecified atom stereocenters. The van der Waals surface area contributed by atoms with Crippen LogP contribution < -0.4 is 4.74 Å². The third-order valence-corrected chi connectivity index (χ3v) is 6.70. The Labute approximate surface area is 186 Å². The van der Waals surface area contributed by atoms with E-state index in [0.29, 0.717) is 5.91 Å². The molecule has 0 spiro atoms. The molecule has 3 fully saturated rings. The van der Waals surface area contributed by atoms with Gasteiger partial charge < -0.3 is 14.4 Å². The number of nitrogens with zero attached hydrogens (tertiary/aromatic N) is 2. The fourth-order valence-electron chi connectivity index (χ4n) is 4.48. The Kier molecular flexibility index (Phi) is 7.46. The SMILES string of the molecule is CN1CCC(CC2=CC3CC3C=C2)C1=O.Cc1ccc(OCCN2CCOCC2)cc1. The number of carbonyl (C=O) groups excluding carboxylic acids is 1. The first kappa shape index (κ1) is 22.1. The lowest BCUT2D eigenvalue weighted by atomic mass is 9.94. The van der Waals surface area contributed by atoms with Gasteiger partial charge in [-0.25, -0.2) is 0 Å². The summed E-state index contributed by atoms with van der Waals surface area (Å²) in [5.74, 6) is 3.18. The van der Waals surface area contributed by atoms with Crippen LogP contribution in [0.2, 0.25) is 0 Å². The molecule has 2 aliphatic carbocycles. The fourth-order valence-corrected chi connectivity index (χ4v) is 4.48. The molecule has 0 aromatic heterocycles. The zero-order valence-electron chi connectivity index (χ0n) is 19.0. The number of likely N-dealkylation sites (tertiary alicyclic amines) is 1. The maximum Gasteiger partial charge on any atom is 0.225 e. The highest BCUT2D eigenvalue weighted by Crippen LogP contribution is 2.45. The van der Waals surface area contributed by atoms with E-state index in [1.165, 1.54) is 17.6 Å². The first-order chi connectivity index (χ1) is 15.1. The highest BCUT2D eigenvalue weighted by atomic mass is 16.5. The third kappa shape index (κ3) is 6.44. The number of hydrogen-bond donors (Lipinski definition) is 0. The molecule has 5 nitrogen and oxygen atoms in total. The summed E-state index contributed by atoms with van der Waals surface area (Å²) >= 11 is 0. The molecule has 4 aliphatic rings. The smallest absolute Gasteiger partial charge is 0.225 e. The number of aryl methyl sites for hydroxylation is 1. The second kappa shape index (κ2) is 10.5. The summed E-state index contributed by atoms with van der Waals surface area (Å²) in [6, 6.07) is 8.19. The van der Waals surface area contributed by atoms with E-state index < -0.39 is 0 Å². The summed E-state index contributed by atoms with van der Waals surface area (Å²) in [4.78, 5) is 16.0. The van der Waals surface area contributed by atoms with Crippen LogP contribution in [0.3, 0.4) is 0 Å². The molecule has 0 N–H and O–H groups in total. The minimum Gasteiger partial charge on any atom is -0.492 e. The second-order valence-corrected chi connectivity index (χ2v) is 9.23. The van der Waals surface area contributed by atoms with Crippen molar-refractivity contribution in [3.8, 4) is 5.75 Å². The van der Waals surface area contributed by atoms with Crippen molar-refractivity contribution in [2.45, 2.75) is 26.2 Å². The summed E-state index contributed by atoms with van der Waals surface area (Å²) in [5.41, 5.74) is 2.66. The van der Waals surface area contributed by atoms with Crippen molar-refractivity contribution >= 4 is 5.91 Å². The third-order valence-electron chi connectivity index (χ3n) is 6.70. The van der Waals surface area contributed by atoms with Gasteiger partial charge in [0, 0.05) is 39.1 Å². The van der Waals surface area contributed by atoms with Crippen LogP contribution in [0, 0.1) is 24.7 Å². The lowest BCUT2D eigenvalue weighted by Crippen LogP contribution is -2.38. The highest BCUT2D eigenvalue weighted by Gasteiger charge is 2.36. The van der Waals surface area contributed by atoms with Crippen LogP contribution in [0.15, 0.2) is 48.1 Å². The molecule has 1 aromatic rings. The monoisotopic (exact) mass is 424 g/mol. The van der Waals surface area contributed by atoms with E-state index in [-0.39, 0.29) is 5.92 Å². The van der Waals surface area contributed by atoms with Crippen LogP contribution >= 0.6 is 0 Å². The van der Waals surface area contributed by atoms with Crippen LogP contribution in [-0.2, 0) is 9.53 Å². The molecule has 2 aliphatic heterocycles. The molecule has 5 heteroatoms. The zero-order valence-corrected chi connectivity index (χ0v) is 19.0. The Bertz CT molecular complexity index is 795. The average molecular weight is 425 g/mol. The largest absolute Gasteiger partial charge is 0.492 e. The Morgan fingerprint density at radius 3 is 2.55 bits per heavy atom. The number of hydrogen-bond acceptors (Lipinski definition) is 4. The van der Waals surface area contributed by atoms with E-state index in [0.717, 1.165) is 76.4 Å². The number of carbonyl (C=O) groups is 1. The maximum atomic E-state index is 11.7. The van der Waals surface area contributed by atoms with Gasteiger partial charge in [0.25, 0.3) is 0 Å². The number of fused-ring (bicyclic) bond motifs is 1. The maximum absolute atomic E-state index is 11.7. The van der Waals surface area contributed by atoms with Crippen molar-refractivity contribution < 1.29 is 14.3 Å². The van der Waals surface area contributed by atoms with Crippen LogP contribution in [0.4, 0.5) is 0 Å². The molecule has 1 amide bonds. The summed E-state index contributed by atoms with van der Waals surface area (Å²) in [6.07, 6.45) is 10.3. The fraction of sp³-hybridized carbons (Fsp3) is 0.577. The van der Waals surface area contributed by atoms with Gasteiger partial charge in [0.2, 0.25) is 5.91 Å². The number of amides is 1. The summed E-state index contributed by atoms with van der Waals surface area (Å²) in [6.45, 7) is 8.51. The first-order valence-corrected chi connectivity index (χ1v) is 11.7. The second-order valence-electron chi connectivity index (χ2n) is 9.23. The van der Waals surface area contributed by atoms with E-state index in [1.54, 1.807) is 0 Å². The Hall–Kier alpha value is -2.11. The first-order valence-electron chi connectivity index (χ1n) is 11.7. The van der Waals surface area contributed by atoms with Gasteiger partial charge in [-0.1, -0.05) is 41.5 Å². The number of ether oxygens (including phenoxy) is 2.